The average Bonchev–Trinajstić information content (AvgIpc) is 3.51. The highest BCUT2D eigenvalue weighted by molar-refractivity contribution is 7.85. The first-order chi connectivity index (χ1) is 25.7. The fraction of sp³-hybridized carbons (Fsp3) is 0.0213. The molecule has 0 saturated carbocycles. The smallest absolute Gasteiger partial charge is 0.171 e. The number of fused-ring (bicyclic) bond motifs is 9. The first-order valence-corrected chi connectivity index (χ1v) is 19.1. The Hall–Kier alpha value is -6.35. The number of aromatic nitrogens is 2. The molecule has 2 aliphatic rings. The van der Waals surface area contributed by atoms with E-state index in [0.717, 1.165) is 83.2 Å². The summed E-state index contributed by atoms with van der Waals surface area (Å²) >= 11 is 0. The van der Waals surface area contributed by atoms with Crippen molar-refractivity contribution < 1.29 is 9.30 Å². The highest BCUT2D eigenvalue weighted by Crippen LogP contribution is 2.61. The highest BCUT2D eigenvalue weighted by atomic mass is 31.2. The number of nitrogens with zero attached hydrogens (tertiary/aromatic N) is 2. The predicted molar refractivity (Wildman–Crippen MR) is 210 cm³/mol. The molecule has 8 aromatic rings. The van der Waals surface area contributed by atoms with Crippen molar-refractivity contribution in [3.05, 3.63) is 211 Å². The molecule has 10 rings (SSSR count). The summed E-state index contributed by atoms with van der Waals surface area (Å²) in [6.45, 7) is 0. The maximum atomic E-state index is 14.9. The topological polar surface area (TPSA) is 52.1 Å². The van der Waals surface area contributed by atoms with Crippen LogP contribution in [-0.4, -0.2) is 9.97 Å². The molecule has 0 N–H and O–H groups in total. The SMILES string of the molecule is O=P(c1ccccc1)(c1ccccc1)c1ccc(-c2ccc(-c3cnc4c(c3)C3(c5ccccc5Oc5ccccc53)c3cnccc3-4)cc2)cc1. The molecule has 52 heavy (non-hydrogen) atoms. The zero-order valence-electron chi connectivity index (χ0n) is 28.1. The van der Waals surface area contributed by atoms with Crippen molar-refractivity contribution in [2.75, 3.05) is 0 Å². The molecule has 0 amide bonds. The molecule has 6 aromatic carbocycles. The van der Waals surface area contributed by atoms with Crippen LogP contribution in [0.1, 0.15) is 22.3 Å². The van der Waals surface area contributed by atoms with Gasteiger partial charge in [-0.2, -0.15) is 0 Å². The van der Waals surface area contributed by atoms with Crippen LogP contribution >= 0.6 is 7.14 Å². The number of benzene rings is 6. The van der Waals surface area contributed by atoms with E-state index < -0.39 is 12.6 Å². The van der Waals surface area contributed by atoms with E-state index in [-0.39, 0.29) is 0 Å². The van der Waals surface area contributed by atoms with Gasteiger partial charge in [0, 0.05) is 56.8 Å². The van der Waals surface area contributed by atoms with Gasteiger partial charge in [-0.1, -0.05) is 146 Å². The molecule has 0 bridgehead atoms. The maximum Gasteiger partial charge on any atom is 0.171 e. The molecule has 0 atom stereocenters. The van der Waals surface area contributed by atoms with Crippen molar-refractivity contribution in [1.82, 2.24) is 9.97 Å². The van der Waals surface area contributed by atoms with Gasteiger partial charge in [0.1, 0.15) is 11.5 Å². The summed E-state index contributed by atoms with van der Waals surface area (Å²) in [5.41, 5.74) is 10.1. The molecular formula is C47H31N2O2P. The Kier molecular flexibility index (Phi) is 6.96. The van der Waals surface area contributed by atoms with Gasteiger partial charge in [0.15, 0.2) is 7.14 Å². The van der Waals surface area contributed by atoms with Gasteiger partial charge in [-0.15, -0.1) is 0 Å². The Morgan fingerprint density at radius 1 is 0.462 bits per heavy atom. The van der Waals surface area contributed by atoms with Gasteiger partial charge in [0.25, 0.3) is 0 Å². The standard InChI is InChI=1S/C47H31N2O2P/c50-52(36-11-3-1-4-12-36,37-13-5-2-6-14-37)38-25-23-33(24-26-38)32-19-21-34(22-20-32)35-29-42-46(49-30-35)39-27-28-48-31-43(39)47(42)40-15-7-9-17-44(40)51-45-18-10-8-16-41(45)47/h1-31H. The van der Waals surface area contributed by atoms with Crippen LogP contribution in [0.5, 0.6) is 11.5 Å². The molecule has 246 valence electrons. The molecule has 0 saturated heterocycles. The summed E-state index contributed by atoms with van der Waals surface area (Å²) < 4.78 is 21.3. The van der Waals surface area contributed by atoms with Crippen LogP contribution in [0.15, 0.2) is 188 Å². The molecule has 1 aliphatic heterocycles. The maximum absolute atomic E-state index is 14.9. The van der Waals surface area contributed by atoms with Gasteiger partial charge in [0.2, 0.25) is 0 Å². The van der Waals surface area contributed by atoms with Crippen LogP contribution in [0, 0.1) is 0 Å². The number of hydrogen-bond donors (Lipinski definition) is 0. The Balaban J connectivity index is 1.04. The third-order valence-corrected chi connectivity index (χ3v) is 13.7. The first kappa shape index (κ1) is 30.5. The van der Waals surface area contributed by atoms with Crippen LogP contribution in [-0.2, 0) is 9.98 Å². The summed E-state index contributed by atoms with van der Waals surface area (Å²) in [6.07, 6.45) is 5.82. The number of rotatable bonds is 5. The number of para-hydroxylation sites is 2. The lowest BCUT2D eigenvalue weighted by atomic mass is 9.66. The molecule has 5 heteroatoms. The average molecular weight is 687 g/mol. The molecule has 1 aliphatic carbocycles. The van der Waals surface area contributed by atoms with Crippen LogP contribution in [0.4, 0.5) is 0 Å². The summed E-state index contributed by atoms with van der Waals surface area (Å²) in [5.74, 6) is 1.68. The van der Waals surface area contributed by atoms with Crippen LogP contribution in [0.25, 0.3) is 33.5 Å². The number of ether oxygens (including phenoxy) is 1. The number of pyridine rings is 2. The van der Waals surface area contributed by atoms with Gasteiger partial charge in [-0.25, -0.2) is 0 Å². The summed E-state index contributed by atoms with van der Waals surface area (Å²) in [5, 5.41) is 2.47. The Labute approximate surface area is 302 Å². The van der Waals surface area contributed by atoms with E-state index in [0.29, 0.717) is 0 Å². The van der Waals surface area contributed by atoms with Crippen LogP contribution in [0.3, 0.4) is 0 Å². The second-order valence-corrected chi connectivity index (χ2v) is 16.1. The molecule has 4 nitrogen and oxygen atoms in total. The molecule has 0 fully saturated rings. The minimum Gasteiger partial charge on any atom is -0.457 e. The van der Waals surface area contributed by atoms with Crippen molar-refractivity contribution in [2.24, 2.45) is 0 Å². The van der Waals surface area contributed by atoms with Crippen molar-refractivity contribution in [3.8, 4) is 45.0 Å². The van der Waals surface area contributed by atoms with E-state index >= 15 is 0 Å². The lowest BCUT2D eigenvalue weighted by molar-refractivity contribution is 0.436. The van der Waals surface area contributed by atoms with Crippen LogP contribution in [0.2, 0.25) is 0 Å². The summed E-state index contributed by atoms with van der Waals surface area (Å²) in [6, 6.07) is 57.4. The summed E-state index contributed by atoms with van der Waals surface area (Å²) in [4.78, 5) is 9.76. The lowest BCUT2D eigenvalue weighted by Crippen LogP contribution is -2.32. The van der Waals surface area contributed by atoms with Crippen molar-refractivity contribution in [1.29, 1.82) is 0 Å². The summed E-state index contributed by atoms with van der Waals surface area (Å²) in [7, 11) is -3.04. The van der Waals surface area contributed by atoms with Gasteiger partial charge in [-0.05, 0) is 52.1 Å². The van der Waals surface area contributed by atoms with Gasteiger partial charge >= 0.3 is 0 Å². The quantitative estimate of drug-likeness (QED) is 0.169. The fourth-order valence-electron chi connectivity index (χ4n) is 8.18. The highest BCUT2D eigenvalue weighted by Gasteiger charge is 2.52. The van der Waals surface area contributed by atoms with E-state index in [1.54, 1.807) is 0 Å². The Bertz CT molecular complexity index is 2580. The lowest BCUT2D eigenvalue weighted by Gasteiger charge is -2.38. The minimum absolute atomic E-state index is 0.617. The third-order valence-electron chi connectivity index (χ3n) is 10.6. The zero-order chi connectivity index (χ0) is 34.7. The fourth-order valence-corrected chi connectivity index (χ4v) is 10.8. The molecule has 3 heterocycles. The van der Waals surface area contributed by atoms with E-state index in [2.05, 4.69) is 77.8 Å². The monoisotopic (exact) mass is 686 g/mol. The van der Waals surface area contributed by atoms with E-state index in [9.17, 15) is 4.57 Å². The molecular weight excluding hydrogens is 656 g/mol. The van der Waals surface area contributed by atoms with E-state index in [1.165, 1.54) is 0 Å². The Morgan fingerprint density at radius 2 is 0.962 bits per heavy atom. The third kappa shape index (κ3) is 4.45. The van der Waals surface area contributed by atoms with Gasteiger partial charge in [0.05, 0.1) is 11.1 Å². The second-order valence-electron chi connectivity index (χ2n) is 13.3. The first-order valence-electron chi connectivity index (χ1n) is 17.4. The largest absolute Gasteiger partial charge is 0.457 e. The van der Waals surface area contributed by atoms with Gasteiger partial charge < -0.3 is 9.30 Å². The minimum atomic E-state index is -3.04. The molecule has 0 radical (unpaired) electrons. The van der Waals surface area contributed by atoms with Crippen LogP contribution < -0.4 is 20.7 Å². The predicted octanol–water partition coefficient (Wildman–Crippen LogP) is 9.92. The van der Waals surface area contributed by atoms with E-state index in [1.807, 2.05) is 116 Å². The van der Waals surface area contributed by atoms with Crippen molar-refractivity contribution in [3.63, 3.8) is 0 Å². The van der Waals surface area contributed by atoms with Crippen molar-refractivity contribution in [2.45, 2.75) is 5.41 Å². The van der Waals surface area contributed by atoms with Crippen molar-refractivity contribution >= 4 is 23.1 Å². The Morgan fingerprint density at radius 3 is 1.56 bits per heavy atom. The normalized spacial score (nSPS) is 13.4. The molecule has 2 aromatic heterocycles. The van der Waals surface area contributed by atoms with Gasteiger partial charge in [-0.3, -0.25) is 9.97 Å². The van der Waals surface area contributed by atoms with E-state index in [4.69, 9.17) is 9.72 Å². The molecule has 1 spiro atoms. The molecule has 0 unspecified atom stereocenters. The second kappa shape index (κ2) is 11.9. The zero-order valence-corrected chi connectivity index (χ0v) is 29.0. The number of hydrogen-bond acceptors (Lipinski definition) is 4.